The second kappa shape index (κ2) is 6.04. The number of carbonyl (C=O) groups excluding carboxylic acids is 2. The maximum absolute atomic E-state index is 13.3. The predicted octanol–water partition coefficient (Wildman–Crippen LogP) is 2.72. The number of carbonyl (C=O) groups is 2. The third-order valence-corrected chi connectivity index (χ3v) is 4.33. The molecule has 1 unspecified atom stereocenters. The smallest absolute Gasteiger partial charge is 0.231 e. The summed E-state index contributed by atoms with van der Waals surface area (Å²) in [6, 6.07) is 2.88. The molecule has 2 heterocycles. The molecule has 1 fully saturated rings. The van der Waals surface area contributed by atoms with Crippen LogP contribution in [0.2, 0.25) is 0 Å². The Balaban J connectivity index is 1.72. The number of aromatic nitrogens is 1. The number of hydrogen-bond acceptors (Lipinski definition) is 4. The van der Waals surface area contributed by atoms with Gasteiger partial charge in [0.05, 0.1) is 5.92 Å². The van der Waals surface area contributed by atoms with Crippen LogP contribution in [0, 0.1) is 24.5 Å². The third kappa shape index (κ3) is 3.37. The van der Waals surface area contributed by atoms with E-state index in [1.807, 2.05) is 6.92 Å². The van der Waals surface area contributed by atoms with Crippen molar-refractivity contribution >= 4 is 34.0 Å². The summed E-state index contributed by atoms with van der Waals surface area (Å²) in [6.45, 7) is 1.95. The number of hydrogen-bond donors (Lipinski definition) is 1. The molecule has 8 heteroatoms. The molecule has 0 saturated carbocycles. The Kier molecular flexibility index (Phi) is 4.08. The molecular formula is C15H13F2N3O2S. The Hall–Kier alpha value is -2.35. The van der Waals surface area contributed by atoms with Crippen molar-refractivity contribution in [1.29, 1.82) is 0 Å². The Morgan fingerprint density at radius 1 is 1.35 bits per heavy atom. The molecule has 3 rings (SSSR count). The average Bonchev–Trinajstić information content (AvgIpc) is 3.04. The van der Waals surface area contributed by atoms with Gasteiger partial charge < -0.3 is 10.2 Å². The van der Waals surface area contributed by atoms with Gasteiger partial charge in [-0.1, -0.05) is 0 Å². The van der Waals surface area contributed by atoms with Crippen molar-refractivity contribution in [2.45, 2.75) is 13.3 Å². The molecular weight excluding hydrogens is 324 g/mol. The zero-order valence-corrected chi connectivity index (χ0v) is 13.0. The number of benzene rings is 1. The van der Waals surface area contributed by atoms with Gasteiger partial charge in [-0.05, 0) is 19.1 Å². The van der Waals surface area contributed by atoms with E-state index in [0.29, 0.717) is 5.13 Å². The number of rotatable bonds is 3. The minimum absolute atomic E-state index is 0.00563. The molecule has 0 bridgehead atoms. The largest absolute Gasteiger partial charge is 0.311 e. The van der Waals surface area contributed by atoms with Crippen LogP contribution in [0.5, 0.6) is 0 Å². The Morgan fingerprint density at radius 2 is 2.04 bits per heavy atom. The van der Waals surface area contributed by atoms with Crippen LogP contribution in [0.4, 0.5) is 19.6 Å². The molecule has 0 spiro atoms. The summed E-state index contributed by atoms with van der Waals surface area (Å²) in [7, 11) is 0. The lowest BCUT2D eigenvalue weighted by Gasteiger charge is -2.16. The van der Waals surface area contributed by atoms with E-state index in [4.69, 9.17) is 0 Å². The zero-order chi connectivity index (χ0) is 16.6. The molecule has 2 aromatic rings. The Morgan fingerprint density at radius 3 is 2.65 bits per heavy atom. The number of thiazole rings is 1. The fraction of sp³-hybridized carbons (Fsp3) is 0.267. The normalized spacial score (nSPS) is 17.6. The highest BCUT2D eigenvalue weighted by atomic mass is 32.1. The highest BCUT2D eigenvalue weighted by molar-refractivity contribution is 7.15. The van der Waals surface area contributed by atoms with Gasteiger partial charge in [-0.2, -0.15) is 0 Å². The Bertz CT molecular complexity index is 758. The van der Waals surface area contributed by atoms with Gasteiger partial charge in [0.2, 0.25) is 11.8 Å². The molecule has 5 nitrogen and oxygen atoms in total. The van der Waals surface area contributed by atoms with E-state index in [2.05, 4.69) is 10.3 Å². The van der Waals surface area contributed by atoms with Gasteiger partial charge in [-0.15, -0.1) is 11.3 Å². The van der Waals surface area contributed by atoms with Gasteiger partial charge in [0.15, 0.2) is 5.13 Å². The van der Waals surface area contributed by atoms with Gasteiger partial charge in [0, 0.05) is 35.8 Å². The first-order valence-corrected chi connectivity index (χ1v) is 7.74. The maximum Gasteiger partial charge on any atom is 0.231 e. The molecule has 1 atom stereocenters. The molecule has 1 N–H and O–H groups in total. The summed E-state index contributed by atoms with van der Waals surface area (Å²) in [5.41, 5.74) is 0.118. The first kappa shape index (κ1) is 15.5. The Labute approximate surface area is 134 Å². The minimum atomic E-state index is -0.765. The fourth-order valence-corrected chi connectivity index (χ4v) is 3.12. The molecule has 1 aliphatic heterocycles. The van der Waals surface area contributed by atoms with E-state index in [-0.39, 0.29) is 30.5 Å². The summed E-state index contributed by atoms with van der Waals surface area (Å²) >= 11 is 1.34. The van der Waals surface area contributed by atoms with Crippen LogP contribution < -0.4 is 10.2 Å². The molecule has 0 radical (unpaired) electrons. The van der Waals surface area contributed by atoms with Crippen LogP contribution in [0.1, 0.15) is 11.3 Å². The van der Waals surface area contributed by atoms with Gasteiger partial charge in [-0.25, -0.2) is 13.8 Å². The number of nitrogens with one attached hydrogen (secondary N) is 1. The molecule has 1 aliphatic rings. The third-order valence-electron chi connectivity index (χ3n) is 3.51. The van der Waals surface area contributed by atoms with E-state index in [1.54, 1.807) is 6.20 Å². The lowest BCUT2D eigenvalue weighted by molar-refractivity contribution is -0.122. The standard InChI is InChI=1S/C15H13F2N3O2S/c1-8-6-18-15(23-8)19-14(22)9-2-13(21)20(7-9)12-4-10(16)3-11(17)5-12/h3-6,9H,2,7H2,1H3,(H,18,19,22). The van der Waals surface area contributed by atoms with Crippen LogP contribution in [-0.4, -0.2) is 23.3 Å². The molecule has 0 aliphatic carbocycles. The van der Waals surface area contributed by atoms with Crippen LogP contribution in [0.3, 0.4) is 0 Å². The van der Waals surface area contributed by atoms with Crippen molar-refractivity contribution in [2.24, 2.45) is 5.92 Å². The number of halogens is 2. The van der Waals surface area contributed by atoms with E-state index in [9.17, 15) is 18.4 Å². The summed E-state index contributed by atoms with van der Waals surface area (Å²) in [4.78, 5) is 30.5. The summed E-state index contributed by atoms with van der Waals surface area (Å²) in [5.74, 6) is -2.78. The molecule has 1 saturated heterocycles. The number of aryl methyl sites for hydroxylation is 1. The van der Waals surface area contributed by atoms with Crippen molar-refractivity contribution in [1.82, 2.24) is 4.98 Å². The van der Waals surface area contributed by atoms with Crippen molar-refractivity contribution in [3.8, 4) is 0 Å². The van der Waals surface area contributed by atoms with Crippen LogP contribution in [0.25, 0.3) is 0 Å². The minimum Gasteiger partial charge on any atom is -0.311 e. The van der Waals surface area contributed by atoms with E-state index in [0.717, 1.165) is 23.1 Å². The van der Waals surface area contributed by atoms with Gasteiger partial charge >= 0.3 is 0 Å². The molecule has 120 valence electrons. The van der Waals surface area contributed by atoms with Crippen molar-refractivity contribution in [3.63, 3.8) is 0 Å². The second-order valence-electron chi connectivity index (χ2n) is 5.30. The van der Waals surface area contributed by atoms with Gasteiger partial charge in [-0.3, -0.25) is 9.59 Å². The molecule has 2 amide bonds. The maximum atomic E-state index is 13.3. The van der Waals surface area contributed by atoms with Crippen molar-refractivity contribution < 1.29 is 18.4 Å². The summed E-state index contributed by atoms with van der Waals surface area (Å²) in [6.07, 6.45) is 1.64. The van der Waals surface area contributed by atoms with Crippen molar-refractivity contribution in [3.05, 3.63) is 40.9 Å². The SMILES string of the molecule is Cc1cnc(NC(=O)C2CC(=O)N(c3cc(F)cc(F)c3)C2)s1. The highest BCUT2D eigenvalue weighted by Crippen LogP contribution is 2.28. The molecule has 1 aromatic carbocycles. The topological polar surface area (TPSA) is 62.3 Å². The lowest BCUT2D eigenvalue weighted by atomic mass is 10.1. The second-order valence-corrected chi connectivity index (χ2v) is 6.53. The first-order chi connectivity index (χ1) is 10.9. The van der Waals surface area contributed by atoms with Crippen LogP contribution in [0.15, 0.2) is 24.4 Å². The first-order valence-electron chi connectivity index (χ1n) is 6.92. The average molecular weight is 337 g/mol. The highest BCUT2D eigenvalue weighted by Gasteiger charge is 2.35. The van der Waals surface area contributed by atoms with E-state index < -0.39 is 17.6 Å². The summed E-state index contributed by atoms with van der Waals surface area (Å²) < 4.78 is 26.6. The van der Waals surface area contributed by atoms with Crippen LogP contribution in [-0.2, 0) is 9.59 Å². The zero-order valence-electron chi connectivity index (χ0n) is 12.2. The number of anilines is 2. The van der Waals surface area contributed by atoms with E-state index >= 15 is 0 Å². The number of nitrogens with zero attached hydrogens (tertiary/aromatic N) is 2. The van der Waals surface area contributed by atoms with Crippen LogP contribution >= 0.6 is 11.3 Å². The predicted molar refractivity (Wildman–Crippen MR) is 82.3 cm³/mol. The van der Waals surface area contributed by atoms with E-state index in [1.165, 1.54) is 16.2 Å². The molecule has 23 heavy (non-hydrogen) atoms. The van der Waals surface area contributed by atoms with Crippen molar-refractivity contribution in [2.75, 3.05) is 16.8 Å². The fourth-order valence-electron chi connectivity index (χ4n) is 2.45. The quantitative estimate of drug-likeness (QED) is 0.937. The molecule has 1 aromatic heterocycles. The summed E-state index contributed by atoms with van der Waals surface area (Å²) in [5, 5.41) is 3.13. The number of amides is 2. The monoisotopic (exact) mass is 337 g/mol. The van der Waals surface area contributed by atoms with Gasteiger partial charge in [0.1, 0.15) is 11.6 Å². The van der Waals surface area contributed by atoms with Gasteiger partial charge in [0.25, 0.3) is 0 Å². The lowest BCUT2D eigenvalue weighted by Crippen LogP contribution is -2.28.